The highest BCUT2D eigenvalue weighted by molar-refractivity contribution is 7.89. The zero-order valence-electron chi connectivity index (χ0n) is 18.3. The highest BCUT2D eigenvalue weighted by Gasteiger charge is 2.19. The van der Waals surface area contributed by atoms with Crippen molar-refractivity contribution in [2.24, 2.45) is 0 Å². The lowest BCUT2D eigenvalue weighted by molar-refractivity contribution is 0.0773. The smallest absolute Gasteiger partial charge is 0.253 e. The van der Waals surface area contributed by atoms with Crippen LogP contribution in [0.1, 0.15) is 24.2 Å². The van der Waals surface area contributed by atoms with Gasteiger partial charge in [-0.1, -0.05) is 18.2 Å². The molecule has 0 atom stereocenters. The fourth-order valence-corrected chi connectivity index (χ4v) is 4.78. The van der Waals surface area contributed by atoms with E-state index >= 15 is 0 Å². The van der Waals surface area contributed by atoms with Crippen molar-refractivity contribution in [3.63, 3.8) is 0 Å². The third-order valence-electron chi connectivity index (χ3n) is 5.68. The molecule has 2 aromatic carbocycles. The van der Waals surface area contributed by atoms with Gasteiger partial charge in [-0.05, 0) is 50.2 Å². The van der Waals surface area contributed by atoms with E-state index in [9.17, 15) is 13.2 Å². The monoisotopic (exact) mass is 444 g/mol. The lowest BCUT2D eigenvalue weighted by Gasteiger charge is -2.36. The average molecular weight is 445 g/mol. The molecule has 3 rings (SSSR count). The number of amides is 1. The Morgan fingerprint density at radius 3 is 2.13 bits per heavy atom. The normalized spacial score (nSPS) is 15.1. The van der Waals surface area contributed by atoms with Gasteiger partial charge in [-0.3, -0.25) is 9.69 Å². The van der Waals surface area contributed by atoms with Crippen molar-refractivity contribution < 1.29 is 13.2 Å². The van der Waals surface area contributed by atoms with E-state index in [0.717, 1.165) is 26.2 Å². The molecule has 0 saturated carbocycles. The summed E-state index contributed by atoms with van der Waals surface area (Å²) in [6, 6.07) is 16.5. The standard InChI is InChI=1S/C23H32N4O3S/c1-3-26(4-2)23(28)20-10-12-22(13-11-20)31(29,30)24-14-15-25-16-18-27(19-17-25)21-8-6-5-7-9-21/h5-13,24H,3-4,14-19H2,1-2H3. The summed E-state index contributed by atoms with van der Waals surface area (Å²) in [6.07, 6.45) is 0. The van der Waals surface area contributed by atoms with E-state index in [-0.39, 0.29) is 10.8 Å². The largest absolute Gasteiger partial charge is 0.369 e. The molecular weight excluding hydrogens is 412 g/mol. The molecule has 1 saturated heterocycles. The summed E-state index contributed by atoms with van der Waals surface area (Å²) in [4.78, 5) is 18.9. The summed E-state index contributed by atoms with van der Waals surface area (Å²) in [5.74, 6) is -0.0865. The first-order valence-electron chi connectivity index (χ1n) is 10.9. The summed E-state index contributed by atoms with van der Waals surface area (Å²) in [5, 5.41) is 0. The maximum Gasteiger partial charge on any atom is 0.253 e. The Kier molecular flexibility index (Phi) is 8.06. The van der Waals surface area contributed by atoms with Gasteiger partial charge in [0.15, 0.2) is 0 Å². The van der Waals surface area contributed by atoms with Crippen molar-refractivity contribution in [3.05, 3.63) is 60.2 Å². The molecule has 1 fully saturated rings. The molecule has 2 aromatic rings. The minimum Gasteiger partial charge on any atom is -0.369 e. The first kappa shape index (κ1) is 23.2. The predicted molar refractivity (Wildman–Crippen MR) is 124 cm³/mol. The van der Waals surface area contributed by atoms with Crippen LogP contribution >= 0.6 is 0 Å². The number of carbonyl (C=O) groups excluding carboxylic acids is 1. The number of hydrogen-bond acceptors (Lipinski definition) is 5. The van der Waals surface area contributed by atoms with E-state index in [4.69, 9.17) is 0 Å². The predicted octanol–water partition coefficient (Wildman–Crippen LogP) is 2.27. The van der Waals surface area contributed by atoms with Crippen LogP contribution < -0.4 is 9.62 Å². The fourth-order valence-electron chi connectivity index (χ4n) is 3.76. The molecule has 0 bridgehead atoms. The van der Waals surface area contributed by atoms with Gasteiger partial charge in [0, 0.05) is 63.6 Å². The Morgan fingerprint density at radius 2 is 1.55 bits per heavy atom. The average Bonchev–Trinajstić information content (AvgIpc) is 2.81. The van der Waals surface area contributed by atoms with Gasteiger partial charge < -0.3 is 9.80 Å². The number of benzene rings is 2. The van der Waals surface area contributed by atoms with E-state index in [1.807, 2.05) is 32.0 Å². The number of nitrogens with zero attached hydrogens (tertiary/aromatic N) is 3. The van der Waals surface area contributed by atoms with Gasteiger partial charge in [-0.25, -0.2) is 13.1 Å². The van der Waals surface area contributed by atoms with Gasteiger partial charge in [-0.2, -0.15) is 0 Å². The number of piperazine rings is 1. The van der Waals surface area contributed by atoms with E-state index in [1.54, 1.807) is 17.0 Å². The van der Waals surface area contributed by atoms with E-state index in [1.165, 1.54) is 17.8 Å². The summed E-state index contributed by atoms with van der Waals surface area (Å²) < 4.78 is 27.9. The van der Waals surface area contributed by atoms with E-state index in [2.05, 4.69) is 26.7 Å². The topological polar surface area (TPSA) is 73.0 Å². The second-order valence-corrected chi connectivity index (χ2v) is 9.33. The molecule has 1 aliphatic rings. The van der Waals surface area contributed by atoms with E-state index < -0.39 is 10.0 Å². The van der Waals surface area contributed by atoms with Gasteiger partial charge in [0.1, 0.15) is 0 Å². The zero-order valence-corrected chi connectivity index (χ0v) is 19.1. The molecule has 0 unspecified atom stereocenters. The van der Waals surface area contributed by atoms with Crippen LogP contribution in [0.2, 0.25) is 0 Å². The van der Waals surface area contributed by atoms with Crippen LogP contribution in [0.5, 0.6) is 0 Å². The van der Waals surface area contributed by atoms with Crippen molar-refractivity contribution >= 4 is 21.6 Å². The number of sulfonamides is 1. The second-order valence-electron chi connectivity index (χ2n) is 7.56. The molecule has 1 N–H and O–H groups in total. The molecule has 1 heterocycles. The molecule has 1 aliphatic heterocycles. The summed E-state index contributed by atoms with van der Waals surface area (Å²) >= 11 is 0. The number of nitrogens with one attached hydrogen (secondary N) is 1. The maximum absolute atomic E-state index is 12.6. The highest BCUT2D eigenvalue weighted by atomic mass is 32.2. The highest BCUT2D eigenvalue weighted by Crippen LogP contribution is 2.16. The Hall–Kier alpha value is -2.42. The van der Waals surface area contributed by atoms with Crippen LogP contribution in [-0.4, -0.2) is 76.5 Å². The van der Waals surface area contributed by atoms with Crippen molar-refractivity contribution in [2.75, 3.05) is 57.3 Å². The van der Waals surface area contributed by atoms with Gasteiger partial charge in [0.05, 0.1) is 4.90 Å². The molecule has 0 spiro atoms. The van der Waals surface area contributed by atoms with Gasteiger partial charge in [0.25, 0.3) is 5.91 Å². The first-order chi connectivity index (χ1) is 14.9. The van der Waals surface area contributed by atoms with Crippen molar-refractivity contribution in [1.82, 2.24) is 14.5 Å². The number of para-hydroxylation sites is 1. The van der Waals surface area contributed by atoms with Gasteiger partial charge >= 0.3 is 0 Å². The number of anilines is 1. The maximum atomic E-state index is 12.6. The minimum absolute atomic E-state index is 0.0865. The molecule has 0 radical (unpaired) electrons. The van der Waals surface area contributed by atoms with Gasteiger partial charge in [0.2, 0.25) is 10.0 Å². The molecule has 0 aliphatic carbocycles. The van der Waals surface area contributed by atoms with Gasteiger partial charge in [-0.15, -0.1) is 0 Å². The molecule has 168 valence electrons. The molecule has 7 nitrogen and oxygen atoms in total. The minimum atomic E-state index is -3.60. The third-order valence-corrected chi connectivity index (χ3v) is 7.15. The molecular formula is C23H32N4O3S. The fraction of sp³-hybridized carbons (Fsp3) is 0.435. The quantitative estimate of drug-likeness (QED) is 0.642. The number of carbonyl (C=O) groups is 1. The first-order valence-corrected chi connectivity index (χ1v) is 12.3. The lowest BCUT2D eigenvalue weighted by atomic mass is 10.2. The zero-order chi connectivity index (χ0) is 22.3. The van der Waals surface area contributed by atoms with Crippen molar-refractivity contribution in [1.29, 1.82) is 0 Å². The van der Waals surface area contributed by atoms with Crippen molar-refractivity contribution in [2.45, 2.75) is 18.7 Å². The summed E-state index contributed by atoms with van der Waals surface area (Å²) in [5.41, 5.74) is 1.73. The number of rotatable bonds is 9. The molecule has 31 heavy (non-hydrogen) atoms. The lowest BCUT2D eigenvalue weighted by Crippen LogP contribution is -2.48. The van der Waals surface area contributed by atoms with E-state index in [0.29, 0.717) is 31.7 Å². The van der Waals surface area contributed by atoms with Crippen molar-refractivity contribution in [3.8, 4) is 0 Å². The Bertz CT molecular complexity index is 937. The van der Waals surface area contributed by atoms with Crippen LogP contribution in [0.15, 0.2) is 59.5 Å². The van der Waals surface area contributed by atoms with Crippen LogP contribution in [0.4, 0.5) is 5.69 Å². The Balaban J connectivity index is 1.48. The SMILES string of the molecule is CCN(CC)C(=O)c1ccc(S(=O)(=O)NCCN2CCN(c3ccccc3)CC2)cc1. The Labute approximate surface area is 185 Å². The Morgan fingerprint density at radius 1 is 0.935 bits per heavy atom. The molecule has 1 amide bonds. The van der Waals surface area contributed by atoms with Crippen LogP contribution in [-0.2, 0) is 10.0 Å². The number of hydrogen-bond donors (Lipinski definition) is 1. The van der Waals surface area contributed by atoms with Crippen LogP contribution in [0.25, 0.3) is 0 Å². The summed E-state index contributed by atoms with van der Waals surface area (Å²) in [7, 11) is -3.60. The molecule has 0 aromatic heterocycles. The van der Waals surface area contributed by atoms with Crippen LogP contribution in [0, 0.1) is 0 Å². The molecule has 8 heteroatoms. The summed E-state index contributed by atoms with van der Waals surface area (Å²) in [6.45, 7) is 9.77. The second kappa shape index (κ2) is 10.7. The third kappa shape index (κ3) is 6.06. The van der Waals surface area contributed by atoms with Crippen LogP contribution in [0.3, 0.4) is 0 Å².